The zero-order valence-electron chi connectivity index (χ0n) is 11.1. The van der Waals surface area contributed by atoms with Crippen LogP contribution >= 0.6 is 0 Å². The Hall–Kier alpha value is -1.36. The van der Waals surface area contributed by atoms with Crippen molar-refractivity contribution in [3.63, 3.8) is 0 Å². The summed E-state index contributed by atoms with van der Waals surface area (Å²) in [6.45, 7) is 10.4. The molecule has 2 N–H and O–H groups in total. The van der Waals surface area contributed by atoms with E-state index in [1.165, 1.54) is 0 Å². The molecule has 0 aromatic carbocycles. The quantitative estimate of drug-likeness (QED) is 0.832. The van der Waals surface area contributed by atoms with Crippen LogP contribution in [0.15, 0.2) is 6.07 Å². The second-order valence-electron chi connectivity index (χ2n) is 6.18. The molecule has 0 unspecified atom stereocenters. The number of hydrogen-bond donors (Lipinski definition) is 2. The number of rotatable bonds is 2. The Morgan fingerprint density at radius 3 is 2.41 bits per heavy atom. The van der Waals surface area contributed by atoms with Gasteiger partial charge in [-0.15, -0.1) is 10.2 Å². The predicted octanol–water partition coefficient (Wildman–Crippen LogP) is 1.62. The summed E-state index contributed by atoms with van der Waals surface area (Å²) in [6.07, 6.45) is 0. The first-order valence-corrected chi connectivity index (χ1v) is 5.82. The van der Waals surface area contributed by atoms with Gasteiger partial charge in [-0.2, -0.15) is 0 Å². The van der Waals surface area contributed by atoms with Crippen molar-refractivity contribution in [3.8, 4) is 0 Å². The van der Waals surface area contributed by atoms with E-state index in [2.05, 4.69) is 36.1 Å². The number of hydrogen-bond acceptors (Lipinski definition) is 3. The molecule has 5 heteroatoms. The molecular weight excluding hydrogens is 216 g/mol. The Kier molecular flexibility index (Phi) is 2.54. The van der Waals surface area contributed by atoms with Gasteiger partial charge >= 0.3 is 0 Å². The summed E-state index contributed by atoms with van der Waals surface area (Å²) >= 11 is 0. The van der Waals surface area contributed by atoms with Crippen molar-refractivity contribution in [2.75, 3.05) is 6.61 Å². The van der Waals surface area contributed by atoms with Crippen LogP contribution in [0.2, 0.25) is 0 Å². The lowest BCUT2D eigenvalue weighted by atomic mass is 9.93. The first-order chi connectivity index (χ1) is 7.75. The Balaban J connectivity index is 2.58. The van der Waals surface area contributed by atoms with Gasteiger partial charge in [0.15, 0.2) is 11.5 Å². The van der Waals surface area contributed by atoms with Gasteiger partial charge in [0, 0.05) is 22.6 Å². The van der Waals surface area contributed by atoms with Crippen molar-refractivity contribution >= 4 is 5.65 Å². The van der Waals surface area contributed by atoms with E-state index in [9.17, 15) is 5.11 Å². The Morgan fingerprint density at radius 1 is 1.24 bits per heavy atom. The second-order valence-corrected chi connectivity index (χ2v) is 6.18. The molecular formula is C12H20N4O. The van der Waals surface area contributed by atoms with E-state index in [1.807, 2.05) is 24.4 Å². The highest BCUT2D eigenvalue weighted by atomic mass is 16.3. The van der Waals surface area contributed by atoms with Crippen LogP contribution in [0, 0.1) is 0 Å². The van der Waals surface area contributed by atoms with Gasteiger partial charge in [-0.05, 0) is 0 Å². The van der Waals surface area contributed by atoms with Gasteiger partial charge in [-0.3, -0.25) is 5.10 Å². The molecule has 0 aliphatic carbocycles. The minimum atomic E-state index is -0.403. The van der Waals surface area contributed by atoms with Gasteiger partial charge in [0.05, 0.1) is 6.61 Å². The van der Waals surface area contributed by atoms with Gasteiger partial charge < -0.3 is 5.11 Å². The Labute approximate surface area is 101 Å². The maximum Gasteiger partial charge on any atom is 0.177 e. The number of nitrogens with zero attached hydrogens (tertiary/aromatic N) is 3. The fourth-order valence-corrected chi connectivity index (χ4v) is 1.67. The zero-order valence-corrected chi connectivity index (χ0v) is 11.1. The zero-order chi connectivity index (χ0) is 12.8. The molecule has 2 aromatic heterocycles. The molecule has 0 saturated heterocycles. The molecule has 0 aliphatic heterocycles. The van der Waals surface area contributed by atoms with E-state index in [4.69, 9.17) is 0 Å². The summed E-state index contributed by atoms with van der Waals surface area (Å²) in [5, 5.41) is 21.0. The summed E-state index contributed by atoms with van der Waals surface area (Å²) in [4.78, 5) is 0. The third-order valence-corrected chi connectivity index (χ3v) is 3.00. The molecule has 2 aromatic rings. The third kappa shape index (κ3) is 1.95. The van der Waals surface area contributed by atoms with Crippen LogP contribution in [0.5, 0.6) is 0 Å². The summed E-state index contributed by atoms with van der Waals surface area (Å²) < 4.78 is 1.86. The summed E-state index contributed by atoms with van der Waals surface area (Å²) in [5.74, 6) is 0.755. The molecule has 2 heterocycles. The molecule has 0 radical (unpaired) electrons. The van der Waals surface area contributed by atoms with Crippen LogP contribution in [0.4, 0.5) is 0 Å². The molecule has 0 fully saturated rings. The minimum absolute atomic E-state index is 0.0393. The van der Waals surface area contributed by atoms with Gasteiger partial charge in [-0.1, -0.05) is 34.6 Å². The molecule has 5 nitrogen and oxygen atoms in total. The number of aromatic amines is 1. The highest BCUT2D eigenvalue weighted by Gasteiger charge is 2.28. The monoisotopic (exact) mass is 236 g/mol. The molecule has 0 spiro atoms. The fraction of sp³-hybridized carbons (Fsp3) is 0.667. The number of aliphatic hydroxyl groups is 1. The number of H-pyrrole nitrogens is 1. The Morgan fingerprint density at radius 2 is 1.88 bits per heavy atom. The van der Waals surface area contributed by atoms with Crippen LogP contribution in [0.3, 0.4) is 0 Å². The topological polar surface area (TPSA) is 66.2 Å². The van der Waals surface area contributed by atoms with Crippen LogP contribution < -0.4 is 0 Å². The highest BCUT2D eigenvalue weighted by molar-refractivity contribution is 5.41. The molecule has 94 valence electrons. The van der Waals surface area contributed by atoms with Gasteiger partial charge in [0.1, 0.15) is 0 Å². The largest absolute Gasteiger partial charge is 0.395 e. The van der Waals surface area contributed by atoms with E-state index >= 15 is 0 Å². The van der Waals surface area contributed by atoms with E-state index in [-0.39, 0.29) is 12.0 Å². The van der Waals surface area contributed by atoms with Crippen LogP contribution in [0.1, 0.15) is 46.1 Å². The summed E-state index contributed by atoms with van der Waals surface area (Å²) in [7, 11) is 0. The molecule has 0 bridgehead atoms. The minimum Gasteiger partial charge on any atom is -0.395 e. The number of fused-ring (bicyclic) bond motifs is 1. The maximum atomic E-state index is 9.40. The summed E-state index contributed by atoms with van der Waals surface area (Å²) in [6, 6.07) is 2.00. The number of nitrogens with one attached hydrogen (secondary N) is 1. The van der Waals surface area contributed by atoms with E-state index in [0.717, 1.165) is 17.2 Å². The first-order valence-electron chi connectivity index (χ1n) is 5.82. The average Bonchev–Trinajstić information content (AvgIpc) is 2.73. The van der Waals surface area contributed by atoms with Crippen LogP contribution in [-0.2, 0) is 10.8 Å². The molecule has 0 amide bonds. The van der Waals surface area contributed by atoms with Crippen molar-refractivity contribution in [3.05, 3.63) is 17.6 Å². The molecule has 2 rings (SSSR count). The van der Waals surface area contributed by atoms with Gasteiger partial charge in [-0.25, -0.2) is 4.52 Å². The maximum absolute atomic E-state index is 9.40. The smallest absolute Gasteiger partial charge is 0.177 e. The number of aliphatic hydroxyl groups excluding tert-OH is 1. The second kappa shape index (κ2) is 3.57. The lowest BCUT2D eigenvalue weighted by Gasteiger charge is -2.19. The highest BCUT2D eigenvalue weighted by Crippen LogP contribution is 2.25. The molecule has 17 heavy (non-hydrogen) atoms. The molecule has 0 atom stereocenters. The number of aromatic nitrogens is 4. The van der Waals surface area contributed by atoms with Crippen LogP contribution in [-0.4, -0.2) is 31.5 Å². The van der Waals surface area contributed by atoms with Crippen LogP contribution in [0.25, 0.3) is 5.65 Å². The van der Waals surface area contributed by atoms with E-state index < -0.39 is 5.41 Å². The lowest BCUT2D eigenvalue weighted by molar-refractivity contribution is 0.209. The molecule has 0 aliphatic rings. The standard InChI is InChI=1S/C12H20N4O/c1-11(2,3)8-6-9-13-14-10(16(9)15-8)12(4,5)7-17/h6,15,17H,7H2,1-5H3. The van der Waals surface area contributed by atoms with Crippen molar-refractivity contribution in [2.24, 2.45) is 0 Å². The normalized spacial score (nSPS) is 13.5. The average molecular weight is 236 g/mol. The van der Waals surface area contributed by atoms with E-state index in [1.54, 1.807) is 0 Å². The first kappa shape index (κ1) is 12.1. The van der Waals surface area contributed by atoms with Crippen molar-refractivity contribution < 1.29 is 5.11 Å². The van der Waals surface area contributed by atoms with Crippen molar-refractivity contribution in [1.82, 2.24) is 19.8 Å². The Bertz CT molecular complexity index is 530. The SMILES string of the molecule is CC(C)(C)c1cc2nnc(C(C)(C)CO)n2[nH]1. The lowest BCUT2D eigenvalue weighted by Crippen LogP contribution is -2.26. The molecule has 0 saturated carbocycles. The van der Waals surface area contributed by atoms with Crippen molar-refractivity contribution in [1.29, 1.82) is 0 Å². The summed E-state index contributed by atoms with van der Waals surface area (Å²) in [5.41, 5.74) is 1.55. The van der Waals surface area contributed by atoms with Gasteiger partial charge in [0.25, 0.3) is 0 Å². The van der Waals surface area contributed by atoms with Gasteiger partial charge in [0.2, 0.25) is 0 Å². The third-order valence-electron chi connectivity index (χ3n) is 3.00. The van der Waals surface area contributed by atoms with E-state index in [0.29, 0.717) is 0 Å². The predicted molar refractivity (Wildman–Crippen MR) is 66.1 cm³/mol. The van der Waals surface area contributed by atoms with Crippen molar-refractivity contribution in [2.45, 2.75) is 45.4 Å². The fourth-order valence-electron chi connectivity index (χ4n) is 1.67.